The van der Waals surface area contributed by atoms with E-state index in [0.29, 0.717) is 0 Å². The molecule has 4 rings (SSSR count). The number of ether oxygens (including phenoxy) is 1. The highest BCUT2D eigenvalue weighted by Gasteiger charge is 2.15. The summed E-state index contributed by atoms with van der Waals surface area (Å²) in [6.07, 6.45) is 3.51. The van der Waals surface area contributed by atoms with Crippen molar-refractivity contribution in [3.05, 3.63) is 48.8 Å². The minimum absolute atomic E-state index is 0.745. The molecule has 3 heterocycles. The van der Waals surface area contributed by atoms with E-state index in [2.05, 4.69) is 33.3 Å². The molecule has 1 fully saturated rings. The Labute approximate surface area is 128 Å². The summed E-state index contributed by atoms with van der Waals surface area (Å²) in [7, 11) is 0. The molecular weight excluding hydrogens is 276 g/mol. The fourth-order valence-corrected chi connectivity index (χ4v) is 2.78. The number of benzene rings is 1. The quantitative estimate of drug-likeness (QED) is 0.726. The fraction of sp³-hybridized carbons (Fsp3) is 0.235. The predicted octanol–water partition coefficient (Wildman–Crippen LogP) is 2.53. The Hall–Kier alpha value is -2.53. The summed E-state index contributed by atoms with van der Waals surface area (Å²) in [5.41, 5.74) is 3.18. The Morgan fingerprint density at radius 2 is 1.73 bits per heavy atom. The zero-order valence-corrected chi connectivity index (χ0v) is 12.1. The van der Waals surface area contributed by atoms with E-state index < -0.39 is 0 Å². The van der Waals surface area contributed by atoms with E-state index in [4.69, 9.17) is 9.72 Å². The molecule has 3 aromatic rings. The molecule has 0 radical (unpaired) electrons. The van der Waals surface area contributed by atoms with Gasteiger partial charge in [0.25, 0.3) is 0 Å². The molecule has 1 aliphatic heterocycles. The van der Waals surface area contributed by atoms with Crippen molar-refractivity contribution in [3.8, 4) is 11.1 Å². The molecule has 0 aliphatic carbocycles. The summed E-state index contributed by atoms with van der Waals surface area (Å²) in [6, 6.07) is 12.5. The maximum atomic E-state index is 5.43. The maximum Gasteiger partial charge on any atom is 0.130 e. The van der Waals surface area contributed by atoms with E-state index >= 15 is 0 Å². The van der Waals surface area contributed by atoms with Crippen molar-refractivity contribution in [1.29, 1.82) is 0 Å². The molecule has 0 bridgehead atoms. The molecule has 5 heteroatoms. The van der Waals surface area contributed by atoms with Gasteiger partial charge in [0.15, 0.2) is 0 Å². The summed E-state index contributed by atoms with van der Waals surface area (Å²) in [6.45, 7) is 3.22. The molecule has 1 aliphatic rings. The van der Waals surface area contributed by atoms with Gasteiger partial charge in [0.1, 0.15) is 5.82 Å². The van der Waals surface area contributed by atoms with Crippen LogP contribution in [0.4, 0.5) is 5.82 Å². The number of anilines is 1. The molecular formula is C17H16N4O. The van der Waals surface area contributed by atoms with Crippen LogP contribution in [-0.4, -0.2) is 41.5 Å². The van der Waals surface area contributed by atoms with Crippen LogP contribution >= 0.6 is 0 Å². The first-order valence-electron chi connectivity index (χ1n) is 7.41. The van der Waals surface area contributed by atoms with Crippen molar-refractivity contribution in [2.24, 2.45) is 0 Å². The Morgan fingerprint density at radius 3 is 2.55 bits per heavy atom. The number of hydrogen-bond donors (Lipinski definition) is 0. The number of rotatable bonds is 2. The maximum absolute atomic E-state index is 5.43. The van der Waals surface area contributed by atoms with E-state index in [1.54, 1.807) is 12.4 Å². The second-order valence-electron chi connectivity index (χ2n) is 5.28. The van der Waals surface area contributed by atoms with Crippen molar-refractivity contribution < 1.29 is 4.74 Å². The van der Waals surface area contributed by atoms with Gasteiger partial charge in [-0.05, 0) is 17.2 Å². The summed E-state index contributed by atoms with van der Waals surface area (Å²) in [5, 5.41) is 9.02. The Balaban J connectivity index is 1.89. The lowest BCUT2D eigenvalue weighted by molar-refractivity contribution is 0.122. The number of aromatic nitrogens is 3. The van der Waals surface area contributed by atoms with Crippen LogP contribution in [0.1, 0.15) is 0 Å². The Kier molecular flexibility index (Phi) is 3.40. The molecule has 0 saturated carbocycles. The lowest BCUT2D eigenvalue weighted by Gasteiger charge is -2.28. The van der Waals surface area contributed by atoms with Crippen molar-refractivity contribution in [3.63, 3.8) is 0 Å². The van der Waals surface area contributed by atoms with Gasteiger partial charge in [0, 0.05) is 18.5 Å². The van der Waals surface area contributed by atoms with Crippen LogP contribution in [0.3, 0.4) is 0 Å². The van der Waals surface area contributed by atoms with Gasteiger partial charge < -0.3 is 9.64 Å². The monoisotopic (exact) mass is 292 g/mol. The molecule has 0 spiro atoms. The van der Waals surface area contributed by atoms with Crippen molar-refractivity contribution in [1.82, 2.24) is 15.2 Å². The van der Waals surface area contributed by atoms with Crippen LogP contribution in [0.2, 0.25) is 0 Å². The third-order valence-corrected chi connectivity index (χ3v) is 3.93. The average molecular weight is 292 g/mol. The standard InChI is InChI=1S/C17H16N4O/c1-2-4-13(5-3-1)14-10-17(21-6-8-22-9-7-21)20-16-12-19-18-11-15(14)16/h1-5,10-12H,6-9H2. The van der Waals surface area contributed by atoms with Crippen LogP contribution < -0.4 is 4.90 Å². The summed E-state index contributed by atoms with van der Waals surface area (Å²) < 4.78 is 5.43. The van der Waals surface area contributed by atoms with Gasteiger partial charge in [-0.15, -0.1) is 0 Å². The predicted molar refractivity (Wildman–Crippen MR) is 85.8 cm³/mol. The molecule has 1 aromatic carbocycles. The minimum atomic E-state index is 0.745. The number of hydrogen-bond acceptors (Lipinski definition) is 5. The molecule has 110 valence electrons. The van der Waals surface area contributed by atoms with Crippen LogP contribution in [0, 0.1) is 0 Å². The molecule has 0 atom stereocenters. The molecule has 1 saturated heterocycles. The Morgan fingerprint density at radius 1 is 0.955 bits per heavy atom. The smallest absolute Gasteiger partial charge is 0.130 e. The zero-order valence-electron chi connectivity index (χ0n) is 12.1. The largest absolute Gasteiger partial charge is 0.378 e. The number of pyridine rings is 1. The van der Waals surface area contributed by atoms with E-state index in [9.17, 15) is 0 Å². The number of nitrogens with zero attached hydrogens (tertiary/aromatic N) is 4. The summed E-state index contributed by atoms with van der Waals surface area (Å²) >= 11 is 0. The van der Waals surface area contributed by atoms with Gasteiger partial charge in [-0.2, -0.15) is 10.2 Å². The molecule has 2 aromatic heterocycles. The number of morpholine rings is 1. The molecule has 0 N–H and O–H groups in total. The SMILES string of the molecule is c1ccc(-c2cc(N3CCOCC3)nc3cnncc23)cc1. The van der Waals surface area contributed by atoms with Gasteiger partial charge >= 0.3 is 0 Å². The second kappa shape index (κ2) is 5.69. The van der Waals surface area contributed by atoms with Gasteiger partial charge in [-0.3, -0.25) is 0 Å². The van der Waals surface area contributed by atoms with Crippen molar-refractivity contribution >= 4 is 16.7 Å². The number of fused-ring (bicyclic) bond motifs is 1. The molecule has 0 amide bonds. The average Bonchev–Trinajstić information content (AvgIpc) is 2.62. The topological polar surface area (TPSA) is 51.1 Å². The second-order valence-corrected chi connectivity index (χ2v) is 5.28. The highest BCUT2D eigenvalue weighted by Crippen LogP contribution is 2.30. The minimum Gasteiger partial charge on any atom is -0.378 e. The lowest BCUT2D eigenvalue weighted by atomic mass is 10.0. The van der Waals surface area contributed by atoms with Crippen LogP contribution in [0.25, 0.3) is 22.0 Å². The lowest BCUT2D eigenvalue weighted by Crippen LogP contribution is -2.36. The first kappa shape index (κ1) is 13.2. The fourth-order valence-electron chi connectivity index (χ4n) is 2.78. The molecule has 0 unspecified atom stereocenters. The van der Waals surface area contributed by atoms with E-state index in [-0.39, 0.29) is 0 Å². The normalized spacial score (nSPS) is 15.2. The zero-order chi connectivity index (χ0) is 14.8. The summed E-state index contributed by atoms with van der Waals surface area (Å²) in [4.78, 5) is 7.01. The first-order chi connectivity index (χ1) is 10.9. The first-order valence-corrected chi connectivity index (χ1v) is 7.41. The molecule has 22 heavy (non-hydrogen) atoms. The molecule has 5 nitrogen and oxygen atoms in total. The highest BCUT2D eigenvalue weighted by molar-refractivity contribution is 5.95. The van der Waals surface area contributed by atoms with Gasteiger partial charge in [0.2, 0.25) is 0 Å². The third-order valence-electron chi connectivity index (χ3n) is 3.93. The van der Waals surface area contributed by atoms with Crippen LogP contribution in [0.15, 0.2) is 48.8 Å². The van der Waals surface area contributed by atoms with E-state index in [0.717, 1.165) is 54.2 Å². The van der Waals surface area contributed by atoms with Gasteiger partial charge in [0.05, 0.1) is 31.1 Å². The van der Waals surface area contributed by atoms with Crippen molar-refractivity contribution in [2.75, 3.05) is 31.2 Å². The van der Waals surface area contributed by atoms with Gasteiger partial charge in [-0.25, -0.2) is 4.98 Å². The Bertz CT molecular complexity index is 785. The van der Waals surface area contributed by atoms with E-state index in [1.807, 2.05) is 18.2 Å². The van der Waals surface area contributed by atoms with Crippen molar-refractivity contribution in [2.45, 2.75) is 0 Å². The van der Waals surface area contributed by atoms with Gasteiger partial charge in [-0.1, -0.05) is 30.3 Å². The summed E-state index contributed by atoms with van der Waals surface area (Å²) in [5.74, 6) is 0.975. The highest BCUT2D eigenvalue weighted by atomic mass is 16.5. The van der Waals surface area contributed by atoms with E-state index in [1.165, 1.54) is 0 Å². The van der Waals surface area contributed by atoms with Crippen LogP contribution in [0.5, 0.6) is 0 Å². The third kappa shape index (κ3) is 2.40. The van der Waals surface area contributed by atoms with Crippen LogP contribution in [-0.2, 0) is 4.74 Å².